The number of amides is 1. The highest BCUT2D eigenvalue weighted by atomic mass is 32.2. The molecule has 0 bridgehead atoms. The Hall–Kier alpha value is -2.74. The first-order chi connectivity index (χ1) is 14.3. The first kappa shape index (κ1) is 22.0. The molecular formula is C22H28N2O5S. The van der Waals surface area contributed by atoms with Crippen LogP contribution in [0.5, 0.6) is 11.5 Å². The Bertz CT molecular complexity index is 999. The molecule has 1 fully saturated rings. The van der Waals surface area contributed by atoms with Crippen molar-refractivity contribution in [3.63, 3.8) is 0 Å². The van der Waals surface area contributed by atoms with Gasteiger partial charge in [0.1, 0.15) is 0 Å². The highest BCUT2D eigenvalue weighted by molar-refractivity contribution is 7.92. The Balaban J connectivity index is 1.81. The summed E-state index contributed by atoms with van der Waals surface area (Å²) in [5.41, 5.74) is 1.01. The van der Waals surface area contributed by atoms with E-state index in [1.807, 2.05) is 7.05 Å². The summed E-state index contributed by atoms with van der Waals surface area (Å²) in [6.45, 7) is 0. The van der Waals surface area contributed by atoms with E-state index in [0.29, 0.717) is 22.7 Å². The van der Waals surface area contributed by atoms with Crippen molar-refractivity contribution in [1.82, 2.24) is 4.90 Å². The van der Waals surface area contributed by atoms with Gasteiger partial charge in [-0.15, -0.1) is 0 Å². The molecule has 0 spiro atoms. The van der Waals surface area contributed by atoms with Gasteiger partial charge >= 0.3 is 0 Å². The Kier molecular flexibility index (Phi) is 6.55. The molecule has 162 valence electrons. The monoisotopic (exact) mass is 432 g/mol. The van der Waals surface area contributed by atoms with Crippen LogP contribution < -0.4 is 13.8 Å². The van der Waals surface area contributed by atoms with Crippen molar-refractivity contribution < 1.29 is 22.7 Å². The average molecular weight is 433 g/mol. The highest BCUT2D eigenvalue weighted by Crippen LogP contribution is 2.32. The molecule has 0 N–H and O–H groups in total. The van der Waals surface area contributed by atoms with Crippen LogP contribution >= 0.6 is 0 Å². The Morgan fingerprint density at radius 1 is 0.933 bits per heavy atom. The van der Waals surface area contributed by atoms with E-state index in [9.17, 15) is 13.2 Å². The fraction of sp³-hybridized carbons (Fsp3) is 0.409. The molecule has 7 nitrogen and oxygen atoms in total. The van der Waals surface area contributed by atoms with Gasteiger partial charge in [-0.2, -0.15) is 0 Å². The van der Waals surface area contributed by atoms with Crippen LogP contribution in [-0.4, -0.2) is 53.6 Å². The van der Waals surface area contributed by atoms with Crippen molar-refractivity contribution in [3.8, 4) is 11.5 Å². The van der Waals surface area contributed by atoms with Gasteiger partial charge in [-0.25, -0.2) is 8.42 Å². The largest absolute Gasteiger partial charge is 0.493 e. The fourth-order valence-corrected chi connectivity index (χ4v) is 4.96. The van der Waals surface area contributed by atoms with Crippen LogP contribution in [0.3, 0.4) is 0 Å². The molecule has 1 saturated carbocycles. The number of benzene rings is 2. The Labute approximate surface area is 178 Å². The van der Waals surface area contributed by atoms with E-state index in [1.165, 1.54) is 37.7 Å². The lowest BCUT2D eigenvalue weighted by molar-refractivity contribution is 0.0735. The lowest BCUT2D eigenvalue weighted by Gasteiger charge is -2.25. The van der Waals surface area contributed by atoms with E-state index in [0.717, 1.165) is 25.7 Å². The molecule has 2 aromatic rings. The lowest BCUT2D eigenvalue weighted by Crippen LogP contribution is -2.35. The smallest absolute Gasteiger partial charge is 0.264 e. The number of sulfonamides is 1. The number of rotatable bonds is 7. The predicted molar refractivity (Wildman–Crippen MR) is 116 cm³/mol. The molecule has 0 saturated heterocycles. The molecule has 1 amide bonds. The average Bonchev–Trinajstić information content (AvgIpc) is 3.32. The summed E-state index contributed by atoms with van der Waals surface area (Å²) >= 11 is 0. The van der Waals surface area contributed by atoms with E-state index < -0.39 is 10.0 Å². The summed E-state index contributed by atoms with van der Waals surface area (Å²) in [5, 5.41) is 0. The second-order valence-corrected chi connectivity index (χ2v) is 9.36. The number of ether oxygens (including phenoxy) is 2. The number of hydrogen-bond donors (Lipinski definition) is 0. The summed E-state index contributed by atoms with van der Waals surface area (Å²) < 4.78 is 37.7. The van der Waals surface area contributed by atoms with Gasteiger partial charge in [0.05, 0.1) is 24.8 Å². The minimum atomic E-state index is -3.81. The first-order valence-corrected chi connectivity index (χ1v) is 11.3. The Morgan fingerprint density at radius 3 is 2.10 bits per heavy atom. The predicted octanol–water partition coefficient (Wildman–Crippen LogP) is 3.54. The number of carbonyl (C=O) groups is 1. The van der Waals surface area contributed by atoms with Gasteiger partial charge in [-0.3, -0.25) is 9.10 Å². The van der Waals surface area contributed by atoms with Gasteiger partial charge in [-0.1, -0.05) is 12.8 Å². The molecule has 0 atom stereocenters. The third-order valence-corrected chi connectivity index (χ3v) is 7.47. The van der Waals surface area contributed by atoms with Gasteiger partial charge in [-0.05, 0) is 49.2 Å². The molecule has 30 heavy (non-hydrogen) atoms. The molecule has 0 aliphatic heterocycles. The van der Waals surface area contributed by atoms with Crippen LogP contribution in [0.25, 0.3) is 0 Å². The van der Waals surface area contributed by atoms with Crippen LogP contribution in [0.2, 0.25) is 0 Å². The van der Waals surface area contributed by atoms with Crippen molar-refractivity contribution in [3.05, 3.63) is 48.0 Å². The lowest BCUT2D eigenvalue weighted by atomic mass is 10.1. The molecule has 0 heterocycles. The highest BCUT2D eigenvalue weighted by Gasteiger charge is 2.26. The molecule has 0 aromatic heterocycles. The maximum absolute atomic E-state index is 13.1. The number of carbonyl (C=O) groups excluding carboxylic acids is 1. The van der Waals surface area contributed by atoms with Crippen molar-refractivity contribution in [2.75, 3.05) is 32.6 Å². The van der Waals surface area contributed by atoms with Crippen molar-refractivity contribution >= 4 is 21.6 Å². The third kappa shape index (κ3) is 4.23. The zero-order valence-corrected chi connectivity index (χ0v) is 18.6. The molecule has 2 aromatic carbocycles. The minimum Gasteiger partial charge on any atom is -0.493 e. The maximum atomic E-state index is 13.1. The number of anilines is 1. The van der Waals surface area contributed by atoms with Crippen LogP contribution in [0.4, 0.5) is 5.69 Å². The van der Waals surface area contributed by atoms with Crippen LogP contribution in [0.1, 0.15) is 36.0 Å². The van der Waals surface area contributed by atoms with Gasteiger partial charge in [0, 0.05) is 31.8 Å². The minimum absolute atomic E-state index is 0.0427. The number of methoxy groups -OCH3 is 2. The van der Waals surface area contributed by atoms with E-state index in [2.05, 4.69) is 0 Å². The quantitative estimate of drug-likeness (QED) is 0.669. The molecule has 1 aliphatic carbocycles. The van der Waals surface area contributed by atoms with E-state index >= 15 is 0 Å². The zero-order valence-electron chi connectivity index (χ0n) is 17.8. The van der Waals surface area contributed by atoms with E-state index in [-0.39, 0.29) is 16.8 Å². The van der Waals surface area contributed by atoms with Crippen LogP contribution in [0.15, 0.2) is 47.4 Å². The van der Waals surface area contributed by atoms with Crippen LogP contribution in [-0.2, 0) is 10.0 Å². The molecular weight excluding hydrogens is 404 g/mol. The summed E-state index contributed by atoms with van der Waals surface area (Å²) in [4.78, 5) is 14.6. The summed E-state index contributed by atoms with van der Waals surface area (Å²) in [6.07, 6.45) is 4.37. The van der Waals surface area contributed by atoms with E-state index in [1.54, 1.807) is 35.2 Å². The second-order valence-electron chi connectivity index (χ2n) is 7.39. The summed E-state index contributed by atoms with van der Waals surface area (Å²) in [6, 6.07) is 11.4. The molecule has 0 unspecified atom stereocenters. The SMILES string of the molecule is COc1ccc(S(=O)(=O)N(C)c2ccc(C(=O)N(C)C3CCCC3)cc2)cc1OC. The van der Waals surface area contributed by atoms with Crippen LogP contribution in [0, 0.1) is 0 Å². The number of hydrogen-bond acceptors (Lipinski definition) is 5. The van der Waals surface area contributed by atoms with Gasteiger partial charge in [0.2, 0.25) is 0 Å². The molecule has 0 radical (unpaired) electrons. The Morgan fingerprint density at radius 2 is 1.53 bits per heavy atom. The van der Waals surface area contributed by atoms with Crippen molar-refractivity contribution in [1.29, 1.82) is 0 Å². The summed E-state index contributed by atoms with van der Waals surface area (Å²) in [7, 11) is 2.45. The first-order valence-electron chi connectivity index (χ1n) is 9.87. The molecule has 8 heteroatoms. The standard InChI is InChI=1S/C22H28N2O5S/c1-23(17-7-5-6-8-17)22(25)16-9-11-18(12-10-16)24(2)30(26,27)19-13-14-20(28-3)21(15-19)29-4/h9-15,17H,5-8H2,1-4H3. The zero-order chi connectivity index (χ0) is 21.9. The summed E-state index contributed by atoms with van der Waals surface area (Å²) in [5.74, 6) is 0.745. The maximum Gasteiger partial charge on any atom is 0.264 e. The second kappa shape index (κ2) is 8.95. The van der Waals surface area contributed by atoms with E-state index in [4.69, 9.17) is 9.47 Å². The molecule has 3 rings (SSSR count). The van der Waals surface area contributed by atoms with Gasteiger partial charge in [0.25, 0.3) is 15.9 Å². The van der Waals surface area contributed by atoms with Crippen molar-refractivity contribution in [2.45, 2.75) is 36.6 Å². The fourth-order valence-electron chi connectivity index (χ4n) is 3.75. The normalized spacial score (nSPS) is 14.4. The number of nitrogens with zero attached hydrogens (tertiary/aromatic N) is 2. The van der Waals surface area contributed by atoms with Gasteiger partial charge < -0.3 is 14.4 Å². The third-order valence-electron chi connectivity index (χ3n) is 5.68. The molecule has 1 aliphatic rings. The van der Waals surface area contributed by atoms with Crippen molar-refractivity contribution in [2.24, 2.45) is 0 Å². The topological polar surface area (TPSA) is 76.2 Å². The van der Waals surface area contributed by atoms with Gasteiger partial charge in [0.15, 0.2) is 11.5 Å².